The molecule has 1 aliphatic heterocycles. The Hall–Kier alpha value is -1.76. The third-order valence-corrected chi connectivity index (χ3v) is 4.63. The van der Waals surface area contributed by atoms with Gasteiger partial charge in [0.25, 0.3) is 0 Å². The second-order valence-corrected chi connectivity index (χ2v) is 7.21. The van der Waals surface area contributed by atoms with Gasteiger partial charge in [0.1, 0.15) is 5.82 Å². The maximum Gasteiger partial charge on any atom is 0.163 e. The first kappa shape index (κ1) is 19.0. The average molecular weight is 380 g/mol. The Morgan fingerprint density at radius 1 is 1.35 bits per heavy atom. The Morgan fingerprint density at radius 2 is 2.15 bits per heavy atom. The first-order valence-electron chi connectivity index (χ1n) is 8.83. The molecule has 1 unspecified atom stereocenters. The van der Waals surface area contributed by atoms with Crippen LogP contribution in [0.15, 0.2) is 24.5 Å². The van der Waals surface area contributed by atoms with Crippen LogP contribution in [-0.2, 0) is 11.3 Å². The first-order chi connectivity index (χ1) is 12.5. The molecule has 2 heterocycles. The van der Waals surface area contributed by atoms with E-state index >= 15 is 0 Å². The zero-order valence-corrected chi connectivity index (χ0v) is 16.5. The first-order valence-corrected chi connectivity index (χ1v) is 9.21. The zero-order chi connectivity index (χ0) is 18.7. The minimum absolute atomic E-state index is 0.0354. The van der Waals surface area contributed by atoms with Gasteiger partial charge >= 0.3 is 0 Å². The molecule has 7 heteroatoms. The molecule has 26 heavy (non-hydrogen) atoms. The lowest BCUT2D eigenvalue weighted by Crippen LogP contribution is -2.41. The number of rotatable bonds is 6. The van der Waals surface area contributed by atoms with Crippen LogP contribution in [0.25, 0.3) is 11.4 Å². The van der Waals surface area contributed by atoms with Gasteiger partial charge in [-0.15, -0.1) is 0 Å². The molecule has 1 aliphatic rings. The van der Waals surface area contributed by atoms with Gasteiger partial charge in [-0.2, -0.15) is 0 Å². The third kappa shape index (κ3) is 4.31. The number of hydrogen-bond donors (Lipinski definition) is 0. The summed E-state index contributed by atoms with van der Waals surface area (Å²) in [4.78, 5) is 6.79. The number of nitrogens with zero attached hydrogens (tertiary/aromatic N) is 3. The molecule has 0 aliphatic carbocycles. The van der Waals surface area contributed by atoms with Crippen LogP contribution >= 0.6 is 11.6 Å². The molecule has 0 saturated carbocycles. The molecule has 1 aromatic heterocycles. The molecule has 6 nitrogen and oxygen atoms in total. The minimum Gasteiger partial charge on any atom is -0.493 e. The third-order valence-electron chi connectivity index (χ3n) is 4.31. The molecule has 1 saturated heterocycles. The van der Waals surface area contributed by atoms with Crippen LogP contribution in [0.1, 0.15) is 13.8 Å². The van der Waals surface area contributed by atoms with Crippen LogP contribution in [0.4, 0.5) is 0 Å². The Bertz CT molecular complexity index is 748. The summed E-state index contributed by atoms with van der Waals surface area (Å²) in [5.41, 5.74) is 0.814. The van der Waals surface area contributed by atoms with Crippen molar-refractivity contribution in [3.8, 4) is 22.9 Å². The summed E-state index contributed by atoms with van der Waals surface area (Å²) in [6.45, 7) is 7.28. The Balaban J connectivity index is 1.88. The predicted octanol–water partition coefficient (Wildman–Crippen LogP) is 3.33. The van der Waals surface area contributed by atoms with Crippen LogP contribution in [0.2, 0.25) is 5.02 Å². The molecule has 3 rings (SSSR count). The van der Waals surface area contributed by atoms with Crippen molar-refractivity contribution >= 4 is 11.6 Å². The number of ether oxygens (including phenoxy) is 3. The largest absolute Gasteiger partial charge is 0.493 e. The molecule has 0 spiro atoms. The summed E-state index contributed by atoms with van der Waals surface area (Å²) in [6.07, 6.45) is 3.90. The summed E-state index contributed by atoms with van der Waals surface area (Å²) in [5, 5.41) is 0.579. The van der Waals surface area contributed by atoms with Crippen LogP contribution in [-0.4, -0.2) is 60.5 Å². The second kappa shape index (κ2) is 8.29. The highest BCUT2D eigenvalue weighted by molar-refractivity contribution is 6.33. The molecular formula is C19H26ClN3O3. The highest BCUT2D eigenvalue weighted by Gasteiger charge is 2.21. The number of halogens is 1. The van der Waals surface area contributed by atoms with E-state index in [1.807, 2.05) is 26.1 Å². The number of hydrogen-bond acceptors (Lipinski definition) is 5. The SMILES string of the molecule is COc1cc(-c2nccn2CC2CN(C)CCO2)c(Cl)cc1OC(C)C. The van der Waals surface area contributed by atoms with Gasteiger partial charge in [-0.1, -0.05) is 11.6 Å². The van der Waals surface area contributed by atoms with E-state index in [0.29, 0.717) is 16.5 Å². The van der Waals surface area contributed by atoms with Gasteiger partial charge in [0.05, 0.1) is 37.5 Å². The summed E-state index contributed by atoms with van der Waals surface area (Å²) in [7, 11) is 3.73. The van der Waals surface area contributed by atoms with Crippen molar-refractivity contribution in [3.63, 3.8) is 0 Å². The lowest BCUT2D eigenvalue weighted by atomic mass is 10.1. The van der Waals surface area contributed by atoms with Crippen molar-refractivity contribution < 1.29 is 14.2 Å². The van der Waals surface area contributed by atoms with Gasteiger partial charge in [0.15, 0.2) is 11.5 Å². The molecule has 1 fully saturated rings. The van der Waals surface area contributed by atoms with Crippen molar-refractivity contribution in [2.45, 2.75) is 32.6 Å². The number of methoxy groups -OCH3 is 1. The molecule has 142 valence electrons. The van der Waals surface area contributed by atoms with Gasteiger partial charge in [-0.3, -0.25) is 0 Å². The normalized spacial score (nSPS) is 18.3. The van der Waals surface area contributed by atoms with E-state index in [0.717, 1.165) is 37.6 Å². The monoisotopic (exact) mass is 379 g/mol. The Kier molecular flexibility index (Phi) is 6.06. The van der Waals surface area contributed by atoms with Gasteiger partial charge in [-0.05, 0) is 27.0 Å². The fourth-order valence-electron chi connectivity index (χ4n) is 3.11. The van der Waals surface area contributed by atoms with Crippen LogP contribution in [0, 0.1) is 0 Å². The minimum atomic E-state index is 0.0354. The zero-order valence-electron chi connectivity index (χ0n) is 15.7. The predicted molar refractivity (Wildman–Crippen MR) is 102 cm³/mol. The number of benzene rings is 1. The lowest BCUT2D eigenvalue weighted by Gasteiger charge is -2.30. The van der Waals surface area contributed by atoms with Crippen molar-refractivity contribution in [1.82, 2.24) is 14.5 Å². The van der Waals surface area contributed by atoms with Crippen molar-refractivity contribution in [2.75, 3.05) is 33.9 Å². The van der Waals surface area contributed by atoms with E-state index in [4.69, 9.17) is 25.8 Å². The van der Waals surface area contributed by atoms with Crippen LogP contribution in [0.3, 0.4) is 0 Å². The standard InChI is InChI=1S/C19H26ClN3O3/c1-13(2)26-18-10-16(20)15(9-17(18)24-4)19-21-5-6-23(19)12-14-11-22(3)7-8-25-14/h5-6,9-10,13-14H,7-8,11-12H2,1-4H3. The van der Waals surface area contributed by atoms with Gasteiger partial charge in [0.2, 0.25) is 0 Å². The Morgan fingerprint density at radius 3 is 2.85 bits per heavy atom. The van der Waals surface area contributed by atoms with E-state index in [2.05, 4.69) is 21.5 Å². The second-order valence-electron chi connectivity index (χ2n) is 6.81. The maximum absolute atomic E-state index is 6.54. The van der Waals surface area contributed by atoms with Gasteiger partial charge < -0.3 is 23.7 Å². The van der Waals surface area contributed by atoms with Crippen molar-refractivity contribution in [2.24, 2.45) is 0 Å². The molecule has 2 aromatic rings. The molecular weight excluding hydrogens is 354 g/mol. The highest BCUT2D eigenvalue weighted by atomic mass is 35.5. The lowest BCUT2D eigenvalue weighted by molar-refractivity contribution is -0.0272. The quantitative estimate of drug-likeness (QED) is 0.770. The average Bonchev–Trinajstić information content (AvgIpc) is 3.02. The number of morpholine rings is 1. The number of aromatic nitrogens is 2. The molecule has 0 bridgehead atoms. The van der Waals surface area contributed by atoms with E-state index in [-0.39, 0.29) is 12.2 Å². The fraction of sp³-hybridized carbons (Fsp3) is 0.526. The molecule has 1 aromatic carbocycles. The van der Waals surface area contributed by atoms with Crippen LogP contribution in [0.5, 0.6) is 11.5 Å². The van der Waals surface area contributed by atoms with Gasteiger partial charge in [-0.25, -0.2) is 4.98 Å². The van der Waals surface area contributed by atoms with E-state index < -0.39 is 0 Å². The van der Waals surface area contributed by atoms with E-state index in [1.165, 1.54) is 0 Å². The summed E-state index contributed by atoms with van der Waals surface area (Å²) in [5.74, 6) is 2.06. The molecule has 1 atom stereocenters. The smallest absolute Gasteiger partial charge is 0.163 e. The summed E-state index contributed by atoms with van der Waals surface area (Å²) in [6, 6.07) is 3.67. The maximum atomic E-state index is 6.54. The molecule has 0 N–H and O–H groups in total. The fourth-order valence-corrected chi connectivity index (χ4v) is 3.35. The number of imidazole rings is 1. The van der Waals surface area contributed by atoms with E-state index in [9.17, 15) is 0 Å². The van der Waals surface area contributed by atoms with E-state index in [1.54, 1.807) is 19.4 Å². The van der Waals surface area contributed by atoms with Gasteiger partial charge in [0, 0.05) is 37.1 Å². The Labute approximate surface area is 159 Å². The van der Waals surface area contributed by atoms with Crippen LogP contribution < -0.4 is 9.47 Å². The molecule has 0 radical (unpaired) electrons. The summed E-state index contributed by atoms with van der Waals surface area (Å²) < 4.78 is 19.2. The topological polar surface area (TPSA) is 48.8 Å². The van der Waals surface area contributed by atoms with Crippen molar-refractivity contribution in [1.29, 1.82) is 0 Å². The highest BCUT2D eigenvalue weighted by Crippen LogP contribution is 2.38. The molecule has 0 amide bonds. The number of likely N-dealkylation sites (N-methyl/N-ethyl adjacent to an activating group) is 1. The van der Waals surface area contributed by atoms with Crippen molar-refractivity contribution in [3.05, 3.63) is 29.5 Å². The summed E-state index contributed by atoms with van der Waals surface area (Å²) >= 11 is 6.54.